The zero-order valence-corrected chi connectivity index (χ0v) is 9.21. The maximum atomic E-state index is 11.1. The number of nitrogens with zero attached hydrogens (tertiary/aromatic N) is 1. The lowest BCUT2D eigenvalue weighted by Crippen LogP contribution is -2.57. The minimum Gasteiger partial charge on any atom is -0.480 e. The highest BCUT2D eigenvalue weighted by atomic mass is 16.4. The molecule has 0 heterocycles. The van der Waals surface area contributed by atoms with E-state index < -0.39 is 11.5 Å². The summed E-state index contributed by atoms with van der Waals surface area (Å²) in [5.74, 6) is -0.760. The molecule has 0 saturated heterocycles. The van der Waals surface area contributed by atoms with Crippen molar-refractivity contribution in [1.29, 1.82) is 0 Å². The van der Waals surface area contributed by atoms with Crippen molar-refractivity contribution in [3.63, 3.8) is 0 Å². The van der Waals surface area contributed by atoms with Gasteiger partial charge in [-0.2, -0.15) is 0 Å². The van der Waals surface area contributed by atoms with E-state index in [2.05, 4.69) is 5.32 Å². The van der Waals surface area contributed by atoms with Crippen molar-refractivity contribution >= 4 is 5.97 Å². The number of aliphatic carboxylic acids is 1. The summed E-state index contributed by atoms with van der Waals surface area (Å²) in [6, 6.07) is 0.418. The Bertz CT molecular complexity index is 216. The van der Waals surface area contributed by atoms with E-state index in [1.807, 2.05) is 18.9 Å². The Kier molecular flexibility index (Phi) is 3.50. The minimum atomic E-state index is -0.800. The third-order valence-corrected chi connectivity index (χ3v) is 2.70. The lowest BCUT2D eigenvalue weighted by molar-refractivity contribution is -0.145. The normalized spacial score (nSPS) is 20.9. The Hall–Kier alpha value is -0.610. The molecule has 0 aromatic rings. The lowest BCUT2D eigenvalue weighted by Gasteiger charge is -2.30. The molecule has 0 amide bonds. The third-order valence-electron chi connectivity index (χ3n) is 2.70. The van der Waals surface area contributed by atoms with Crippen molar-refractivity contribution in [3.8, 4) is 0 Å². The maximum Gasteiger partial charge on any atom is 0.324 e. The summed E-state index contributed by atoms with van der Waals surface area (Å²) in [5.41, 5.74) is -0.800. The van der Waals surface area contributed by atoms with E-state index in [-0.39, 0.29) is 0 Å². The summed E-state index contributed by atoms with van der Waals surface area (Å²) in [6.45, 7) is 5.21. The summed E-state index contributed by atoms with van der Waals surface area (Å²) in [5, 5.41) is 12.4. The highest BCUT2D eigenvalue weighted by molar-refractivity contribution is 5.78. The van der Waals surface area contributed by atoms with Gasteiger partial charge < -0.3 is 10.0 Å². The van der Waals surface area contributed by atoms with Crippen molar-refractivity contribution < 1.29 is 9.90 Å². The molecule has 1 aliphatic rings. The van der Waals surface area contributed by atoms with Gasteiger partial charge in [0.05, 0.1) is 0 Å². The molecule has 0 bridgehead atoms. The Balaban J connectivity index is 2.54. The van der Waals surface area contributed by atoms with Gasteiger partial charge in [0, 0.05) is 12.6 Å². The van der Waals surface area contributed by atoms with Gasteiger partial charge in [0.25, 0.3) is 0 Å². The molecular formula is C10H20N2O2. The van der Waals surface area contributed by atoms with E-state index in [0.717, 1.165) is 19.4 Å². The van der Waals surface area contributed by atoms with Gasteiger partial charge in [-0.1, -0.05) is 6.92 Å². The second kappa shape index (κ2) is 4.28. The van der Waals surface area contributed by atoms with Crippen molar-refractivity contribution in [3.05, 3.63) is 0 Å². The van der Waals surface area contributed by atoms with Crippen molar-refractivity contribution in [2.45, 2.75) is 38.3 Å². The monoisotopic (exact) mass is 200 g/mol. The number of rotatable bonds is 6. The van der Waals surface area contributed by atoms with E-state index in [1.165, 1.54) is 0 Å². The van der Waals surface area contributed by atoms with Crippen LogP contribution in [0, 0.1) is 0 Å². The number of hydrogen-bond acceptors (Lipinski definition) is 3. The fourth-order valence-corrected chi connectivity index (χ4v) is 1.50. The molecule has 1 aliphatic carbocycles. The molecule has 1 fully saturated rings. The van der Waals surface area contributed by atoms with Gasteiger partial charge in [0.1, 0.15) is 5.54 Å². The molecular weight excluding hydrogens is 180 g/mol. The van der Waals surface area contributed by atoms with Crippen LogP contribution in [0.2, 0.25) is 0 Å². The van der Waals surface area contributed by atoms with Crippen LogP contribution in [0.1, 0.15) is 26.7 Å². The summed E-state index contributed by atoms with van der Waals surface area (Å²) in [7, 11) is 1.94. The largest absolute Gasteiger partial charge is 0.480 e. The van der Waals surface area contributed by atoms with E-state index >= 15 is 0 Å². The molecule has 0 spiro atoms. The van der Waals surface area contributed by atoms with Crippen molar-refractivity contribution in [2.75, 3.05) is 20.1 Å². The molecule has 1 unspecified atom stereocenters. The van der Waals surface area contributed by atoms with Crippen LogP contribution < -0.4 is 5.32 Å². The Morgan fingerprint density at radius 1 is 1.64 bits per heavy atom. The molecule has 0 aliphatic heterocycles. The van der Waals surface area contributed by atoms with E-state index in [0.29, 0.717) is 12.6 Å². The SMILES string of the molecule is CCN(C)CC(C)(NC1CC1)C(=O)O. The maximum absolute atomic E-state index is 11.1. The zero-order chi connectivity index (χ0) is 10.8. The predicted molar refractivity (Wildman–Crippen MR) is 55.4 cm³/mol. The molecule has 14 heavy (non-hydrogen) atoms. The van der Waals surface area contributed by atoms with Crippen LogP contribution in [0.25, 0.3) is 0 Å². The molecule has 4 heteroatoms. The van der Waals surface area contributed by atoms with Crippen LogP contribution in [0.4, 0.5) is 0 Å². The lowest BCUT2D eigenvalue weighted by atomic mass is 10.0. The Morgan fingerprint density at radius 3 is 2.57 bits per heavy atom. The summed E-state index contributed by atoms with van der Waals surface area (Å²) >= 11 is 0. The zero-order valence-electron chi connectivity index (χ0n) is 9.21. The topological polar surface area (TPSA) is 52.6 Å². The van der Waals surface area contributed by atoms with Gasteiger partial charge in [-0.05, 0) is 33.4 Å². The number of hydrogen-bond donors (Lipinski definition) is 2. The molecule has 0 aromatic carbocycles. The molecule has 0 aromatic heterocycles. The van der Waals surface area contributed by atoms with Gasteiger partial charge in [-0.25, -0.2) is 0 Å². The number of carbonyl (C=O) groups is 1. The average Bonchev–Trinajstić information content (AvgIpc) is 2.87. The number of carboxylic acids is 1. The minimum absolute atomic E-state index is 0.418. The Labute approximate surface area is 85.3 Å². The number of likely N-dealkylation sites (N-methyl/N-ethyl adjacent to an activating group) is 1. The molecule has 1 saturated carbocycles. The molecule has 4 nitrogen and oxygen atoms in total. The second-order valence-electron chi connectivity index (χ2n) is 4.39. The molecule has 2 N–H and O–H groups in total. The highest BCUT2D eigenvalue weighted by Gasteiger charge is 2.38. The Morgan fingerprint density at radius 2 is 2.21 bits per heavy atom. The summed E-state index contributed by atoms with van der Waals surface area (Å²) in [6.07, 6.45) is 2.22. The number of nitrogens with one attached hydrogen (secondary N) is 1. The van der Waals surface area contributed by atoms with Crippen molar-refractivity contribution in [1.82, 2.24) is 10.2 Å². The van der Waals surface area contributed by atoms with Crippen LogP contribution in [0.15, 0.2) is 0 Å². The van der Waals surface area contributed by atoms with Crippen LogP contribution in [-0.2, 0) is 4.79 Å². The standard InChI is InChI=1S/C10H20N2O2/c1-4-12(3)7-10(2,9(13)14)11-8-5-6-8/h8,11H,4-7H2,1-3H3,(H,13,14). The smallest absolute Gasteiger partial charge is 0.324 e. The third kappa shape index (κ3) is 2.96. The highest BCUT2D eigenvalue weighted by Crippen LogP contribution is 2.23. The predicted octanol–water partition coefficient (Wildman–Crippen LogP) is 0.533. The van der Waals surface area contributed by atoms with Crippen LogP contribution >= 0.6 is 0 Å². The van der Waals surface area contributed by atoms with E-state index in [9.17, 15) is 4.79 Å². The molecule has 1 atom stereocenters. The first-order valence-corrected chi connectivity index (χ1v) is 5.17. The summed E-state index contributed by atoms with van der Waals surface area (Å²) in [4.78, 5) is 13.2. The molecule has 82 valence electrons. The fraction of sp³-hybridized carbons (Fsp3) is 0.900. The van der Waals surface area contributed by atoms with Gasteiger partial charge in [0.2, 0.25) is 0 Å². The van der Waals surface area contributed by atoms with Gasteiger partial charge in [-0.3, -0.25) is 10.1 Å². The quantitative estimate of drug-likeness (QED) is 0.657. The fourth-order valence-electron chi connectivity index (χ4n) is 1.50. The van der Waals surface area contributed by atoms with Crippen LogP contribution in [0.5, 0.6) is 0 Å². The first kappa shape index (κ1) is 11.5. The van der Waals surface area contributed by atoms with Gasteiger partial charge in [0.15, 0.2) is 0 Å². The van der Waals surface area contributed by atoms with Crippen LogP contribution in [-0.4, -0.2) is 47.7 Å². The number of carboxylic acid groups (broad SMARTS) is 1. The average molecular weight is 200 g/mol. The van der Waals surface area contributed by atoms with E-state index in [4.69, 9.17) is 5.11 Å². The summed E-state index contributed by atoms with van der Waals surface area (Å²) < 4.78 is 0. The van der Waals surface area contributed by atoms with Gasteiger partial charge in [-0.15, -0.1) is 0 Å². The van der Waals surface area contributed by atoms with Crippen LogP contribution in [0.3, 0.4) is 0 Å². The van der Waals surface area contributed by atoms with E-state index in [1.54, 1.807) is 6.92 Å². The first-order valence-electron chi connectivity index (χ1n) is 5.17. The molecule has 0 radical (unpaired) electrons. The van der Waals surface area contributed by atoms with Crippen molar-refractivity contribution in [2.24, 2.45) is 0 Å². The second-order valence-corrected chi connectivity index (χ2v) is 4.39. The first-order chi connectivity index (χ1) is 6.48. The van der Waals surface area contributed by atoms with Gasteiger partial charge >= 0.3 is 5.97 Å². The molecule has 1 rings (SSSR count).